The second kappa shape index (κ2) is 6.91. The van der Waals surface area contributed by atoms with Crippen molar-refractivity contribution in [3.63, 3.8) is 0 Å². The van der Waals surface area contributed by atoms with Gasteiger partial charge in [0.05, 0.1) is 6.10 Å². The van der Waals surface area contributed by atoms with Crippen LogP contribution in [0.3, 0.4) is 0 Å². The van der Waals surface area contributed by atoms with Gasteiger partial charge in [0.1, 0.15) is 0 Å². The standard InChI is InChI=1S/C18H27NO2/c1-19(13-14-9-11-21-12-10-14)17-8-4-6-15-5-2-3-7-16(15)18(17)20/h2-3,5,7,14,17-18,20H,4,6,8-13H2,1H3. The van der Waals surface area contributed by atoms with Crippen molar-refractivity contribution in [3.8, 4) is 0 Å². The van der Waals surface area contributed by atoms with Crippen LogP contribution in [0.1, 0.15) is 42.9 Å². The Labute approximate surface area is 127 Å². The molecule has 21 heavy (non-hydrogen) atoms. The summed E-state index contributed by atoms with van der Waals surface area (Å²) in [5, 5.41) is 10.8. The number of likely N-dealkylation sites (N-methyl/N-ethyl adjacent to an activating group) is 1. The van der Waals surface area contributed by atoms with Gasteiger partial charge in [-0.3, -0.25) is 0 Å². The summed E-state index contributed by atoms with van der Waals surface area (Å²) in [6, 6.07) is 8.64. The molecule has 1 aromatic rings. The third kappa shape index (κ3) is 3.47. The molecule has 2 aliphatic rings. The number of ether oxygens (including phenoxy) is 1. The molecule has 1 fully saturated rings. The lowest BCUT2D eigenvalue weighted by molar-refractivity contribution is 0.0223. The molecule has 0 radical (unpaired) electrons. The van der Waals surface area contributed by atoms with Gasteiger partial charge in [-0.2, -0.15) is 0 Å². The van der Waals surface area contributed by atoms with Crippen molar-refractivity contribution < 1.29 is 9.84 Å². The summed E-state index contributed by atoms with van der Waals surface area (Å²) >= 11 is 0. The Balaban J connectivity index is 1.69. The molecule has 3 nitrogen and oxygen atoms in total. The van der Waals surface area contributed by atoms with Crippen molar-refractivity contribution in [2.75, 3.05) is 26.8 Å². The molecule has 0 spiro atoms. The van der Waals surface area contributed by atoms with Crippen LogP contribution in [0.25, 0.3) is 0 Å². The predicted molar refractivity (Wildman–Crippen MR) is 84.3 cm³/mol. The first-order valence-electron chi connectivity index (χ1n) is 8.29. The molecule has 1 heterocycles. The number of aliphatic hydroxyl groups is 1. The van der Waals surface area contributed by atoms with Crippen LogP contribution in [0.2, 0.25) is 0 Å². The number of fused-ring (bicyclic) bond motifs is 1. The third-order valence-electron chi connectivity index (χ3n) is 5.14. The summed E-state index contributed by atoms with van der Waals surface area (Å²) < 4.78 is 5.45. The molecular weight excluding hydrogens is 262 g/mol. The van der Waals surface area contributed by atoms with Crippen LogP contribution < -0.4 is 0 Å². The summed E-state index contributed by atoms with van der Waals surface area (Å²) in [6.07, 6.45) is 5.29. The van der Waals surface area contributed by atoms with Crippen LogP contribution in [0.15, 0.2) is 24.3 Å². The van der Waals surface area contributed by atoms with E-state index in [2.05, 4.69) is 30.1 Å². The first kappa shape index (κ1) is 15.0. The number of rotatable bonds is 3. The van der Waals surface area contributed by atoms with E-state index in [0.717, 1.165) is 63.3 Å². The highest BCUT2D eigenvalue weighted by Gasteiger charge is 2.30. The van der Waals surface area contributed by atoms with Gasteiger partial charge in [-0.05, 0) is 56.2 Å². The van der Waals surface area contributed by atoms with E-state index in [1.807, 2.05) is 6.07 Å². The van der Waals surface area contributed by atoms with Gasteiger partial charge in [-0.25, -0.2) is 0 Å². The Morgan fingerprint density at radius 3 is 2.76 bits per heavy atom. The minimum atomic E-state index is -0.353. The number of hydrogen-bond donors (Lipinski definition) is 1. The summed E-state index contributed by atoms with van der Waals surface area (Å²) in [5.41, 5.74) is 2.46. The highest BCUT2D eigenvalue weighted by Crippen LogP contribution is 2.32. The van der Waals surface area contributed by atoms with Crippen LogP contribution in [0.4, 0.5) is 0 Å². The lowest BCUT2D eigenvalue weighted by atomic mass is 9.95. The van der Waals surface area contributed by atoms with Gasteiger partial charge in [0.2, 0.25) is 0 Å². The van der Waals surface area contributed by atoms with Crippen molar-refractivity contribution in [3.05, 3.63) is 35.4 Å². The smallest absolute Gasteiger partial charge is 0.0947 e. The van der Waals surface area contributed by atoms with Crippen LogP contribution in [0.5, 0.6) is 0 Å². The van der Waals surface area contributed by atoms with Gasteiger partial charge in [-0.1, -0.05) is 24.3 Å². The van der Waals surface area contributed by atoms with Crippen LogP contribution in [0, 0.1) is 5.92 Å². The Bertz CT molecular complexity index is 456. The molecule has 1 aliphatic carbocycles. The van der Waals surface area contributed by atoms with E-state index in [4.69, 9.17) is 4.74 Å². The number of aryl methyl sites for hydroxylation is 1. The maximum Gasteiger partial charge on any atom is 0.0947 e. The molecule has 1 N–H and O–H groups in total. The molecule has 2 unspecified atom stereocenters. The molecule has 3 rings (SSSR count). The maximum absolute atomic E-state index is 10.8. The lowest BCUT2D eigenvalue weighted by Crippen LogP contribution is -2.40. The van der Waals surface area contributed by atoms with E-state index >= 15 is 0 Å². The minimum absolute atomic E-state index is 0.247. The van der Waals surface area contributed by atoms with E-state index in [-0.39, 0.29) is 12.1 Å². The minimum Gasteiger partial charge on any atom is -0.387 e. The fraction of sp³-hybridized carbons (Fsp3) is 0.667. The summed E-state index contributed by atoms with van der Waals surface area (Å²) in [5.74, 6) is 0.717. The van der Waals surface area contributed by atoms with Crippen LogP contribution in [-0.2, 0) is 11.2 Å². The number of benzene rings is 1. The second-order valence-corrected chi connectivity index (χ2v) is 6.60. The largest absolute Gasteiger partial charge is 0.387 e. The van der Waals surface area contributed by atoms with Crippen molar-refractivity contribution in [1.82, 2.24) is 4.90 Å². The van der Waals surface area contributed by atoms with Crippen molar-refractivity contribution in [1.29, 1.82) is 0 Å². The molecule has 0 bridgehead atoms. The lowest BCUT2D eigenvalue weighted by Gasteiger charge is -2.35. The zero-order valence-electron chi connectivity index (χ0n) is 13.0. The normalized spacial score (nSPS) is 27.4. The topological polar surface area (TPSA) is 32.7 Å². The highest BCUT2D eigenvalue weighted by molar-refractivity contribution is 5.31. The van der Waals surface area contributed by atoms with Crippen molar-refractivity contribution >= 4 is 0 Å². The van der Waals surface area contributed by atoms with Gasteiger partial charge in [-0.15, -0.1) is 0 Å². The Morgan fingerprint density at radius 1 is 1.19 bits per heavy atom. The fourth-order valence-electron chi connectivity index (χ4n) is 3.85. The van der Waals surface area contributed by atoms with E-state index < -0.39 is 0 Å². The Hall–Kier alpha value is -0.900. The van der Waals surface area contributed by atoms with Crippen molar-refractivity contribution in [2.45, 2.75) is 44.2 Å². The van der Waals surface area contributed by atoms with Gasteiger partial charge in [0.15, 0.2) is 0 Å². The number of nitrogens with zero attached hydrogens (tertiary/aromatic N) is 1. The average Bonchev–Trinajstić information content (AvgIpc) is 2.68. The number of hydrogen-bond acceptors (Lipinski definition) is 3. The summed E-state index contributed by atoms with van der Waals surface area (Å²) in [7, 11) is 2.18. The summed E-state index contributed by atoms with van der Waals surface area (Å²) in [4.78, 5) is 2.39. The molecule has 3 heteroatoms. The first-order valence-corrected chi connectivity index (χ1v) is 8.29. The van der Waals surface area contributed by atoms with E-state index in [9.17, 15) is 5.11 Å². The number of aliphatic hydroxyl groups excluding tert-OH is 1. The Kier molecular flexibility index (Phi) is 4.94. The van der Waals surface area contributed by atoms with E-state index in [1.165, 1.54) is 5.56 Å². The molecule has 1 saturated heterocycles. The van der Waals surface area contributed by atoms with Crippen molar-refractivity contribution in [2.24, 2.45) is 5.92 Å². The molecule has 116 valence electrons. The molecule has 0 aromatic heterocycles. The van der Waals surface area contributed by atoms with Crippen LogP contribution in [-0.4, -0.2) is 42.9 Å². The van der Waals surface area contributed by atoms with E-state index in [1.54, 1.807) is 0 Å². The zero-order valence-corrected chi connectivity index (χ0v) is 13.0. The molecular formula is C18H27NO2. The Morgan fingerprint density at radius 2 is 1.95 bits per heavy atom. The van der Waals surface area contributed by atoms with Gasteiger partial charge >= 0.3 is 0 Å². The SMILES string of the molecule is CN(CC1CCOCC1)C1CCCc2ccccc2C1O. The van der Waals surface area contributed by atoms with Crippen LogP contribution >= 0.6 is 0 Å². The zero-order chi connectivity index (χ0) is 14.7. The molecule has 0 saturated carbocycles. The summed E-state index contributed by atoms with van der Waals surface area (Å²) in [6.45, 7) is 2.87. The quantitative estimate of drug-likeness (QED) is 0.869. The van der Waals surface area contributed by atoms with Gasteiger partial charge in [0, 0.05) is 25.8 Å². The molecule has 1 aliphatic heterocycles. The molecule has 2 atom stereocenters. The van der Waals surface area contributed by atoms with E-state index in [0.29, 0.717) is 0 Å². The second-order valence-electron chi connectivity index (χ2n) is 6.60. The molecule has 0 amide bonds. The fourth-order valence-corrected chi connectivity index (χ4v) is 3.85. The third-order valence-corrected chi connectivity index (χ3v) is 5.14. The first-order chi connectivity index (χ1) is 10.3. The van der Waals surface area contributed by atoms with Gasteiger partial charge < -0.3 is 14.7 Å². The average molecular weight is 289 g/mol. The monoisotopic (exact) mass is 289 g/mol. The maximum atomic E-state index is 10.8. The predicted octanol–water partition coefficient (Wildman–Crippen LogP) is 2.78. The van der Waals surface area contributed by atoms with Gasteiger partial charge in [0.25, 0.3) is 0 Å². The molecule has 1 aromatic carbocycles. The highest BCUT2D eigenvalue weighted by atomic mass is 16.5.